The Bertz CT molecular complexity index is 1820. The molecule has 1 saturated heterocycles. The summed E-state index contributed by atoms with van der Waals surface area (Å²) in [5.41, 5.74) is 0.0442. The minimum atomic E-state index is -2.09. The van der Waals surface area contributed by atoms with Gasteiger partial charge in [-0.25, -0.2) is 9.78 Å². The number of nitrogens with one attached hydrogen (secondary N) is 3. The van der Waals surface area contributed by atoms with E-state index in [1.807, 2.05) is 38.2 Å². The number of benzene rings is 1. The maximum absolute atomic E-state index is 15.0. The summed E-state index contributed by atoms with van der Waals surface area (Å²) >= 11 is 0. The number of aryl methyl sites for hydroxylation is 1. The number of fused-ring (bicyclic) bond motifs is 1. The van der Waals surface area contributed by atoms with Crippen molar-refractivity contribution in [3.63, 3.8) is 0 Å². The highest BCUT2D eigenvalue weighted by Crippen LogP contribution is 2.60. The summed E-state index contributed by atoms with van der Waals surface area (Å²) in [6.07, 6.45) is 15.9. The van der Waals surface area contributed by atoms with E-state index in [4.69, 9.17) is 9.47 Å². The third kappa shape index (κ3) is 7.59. The van der Waals surface area contributed by atoms with Gasteiger partial charge in [0.05, 0.1) is 19.9 Å². The van der Waals surface area contributed by atoms with E-state index in [-0.39, 0.29) is 37.4 Å². The van der Waals surface area contributed by atoms with Crippen molar-refractivity contribution in [1.82, 2.24) is 15.6 Å². The molecule has 0 amide bonds. The summed E-state index contributed by atoms with van der Waals surface area (Å²) in [7, 11) is 1.86. The molecule has 4 bridgehead atoms. The molecule has 2 aliphatic heterocycles. The van der Waals surface area contributed by atoms with Crippen molar-refractivity contribution < 1.29 is 29.0 Å². The second kappa shape index (κ2) is 16.8. The number of aromatic nitrogens is 1. The lowest BCUT2D eigenvalue weighted by Crippen LogP contribution is -2.52. The molecule has 3 heterocycles. The lowest BCUT2D eigenvalue weighted by atomic mass is 9.63. The van der Waals surface area contributed by atoms with Crippen LogP contribution in [0.25, 0.3) is 0 Å². The molecule has 3 aliphatic carbocycles. The minimum absolute atomic E-state index is 0.0678. The van der Waals surface area contributed by atoms with Gasteiger partial charge in [-0.2, -0.15) is 0 Å². The number of carbonyl (C=O) groups is 3. The number of hydrogen-bond acceptors (Lipinski definition) is 10. The van der Waals surface area contributed by atoms with Gasteiger partial charge < -0.3 is 30.5 Å². The van der Waals surface area contributed by atoms with Gasteiger partial charge in [-0.1, -0.05) is 69.0 Å². The summed E-state index contributed by atoms with van der Waals surface area (Å²) < 4.78 is 12.6. The number of anilines is 1. The molecule has 1 saturated carbocycles. The van der Waals surface area contributed by atoms with Crippen LogP contribution in [-0.4, -0.2) is 78.3 Å². The van der Waals surface area contributed by atoms with Gasteiger partial charge in [-0.05, 0) is 118 Å². The van der Waals surface area contributed by atoms with Crippen molar-refractivity contribution in [2.75, 3.05) is 38.8 Å². The first-order valence-electron chi connectivity index (χ1n) is 20.8. The number of carbonyl (C=O) groups excluding carboxylic acids is 3. The standard InChI is InChI=1S/C45H60N4O6/c1-5-47-38-23-32-13-8-12-31-11-7-6-10-28(2)20-33-14-9-15-36-40(33)42(52)45(43(53)54-26-34(38)22-37(31)32)44(55-45,41(36)51)24-35(25-50)29(3)16-17-30-18-19-48-39(21-30)49-27-46-4/h8-9,13-15,18-19,21,28,31-32,34,37-38,46-47,50H,5-7,10-12,16-17,20,22-27H2,1-4H3,(H,48,49). The number of aliphatic hydroxyl groups is 1. The highest BCUT2D eigenvalue weighted by molar-refractivity contribution is 6.33. The molecular weight excluding hydrogens is 693 g/mol. The number of ketones is 2. The van der Waals surface area contributed by atoms with E-state index in [9.17, 15) is 19.5 Å². The molecule has 10 nitrogen and oxygen atoms in total. The number of aliphatic hydroxyl groups excluding tert-OH is 1. The van der Waals surface area contributed by atoms with E-state index < -0.39 is 23.0 Å². The number of allylic oxidation sites excluding steroid dienone is 3. The van der Waals surface area contributed by atoms with E-state index >= 15 is 0 Å². The molecule has 10 heteroatoms. The molecule has 55 heavy (non-hydrogen) atoms. The van der Waals surface area contributed by atoms with Crippen molar-refractivity contribution in [3.8, 4) is 0 Å². The monoisotopic (exact) mass is 752 g/mol. The Morgan fingerprint density at radius 1 is 1.07 bits per heavy atom. The molecule has 5 aliphatic rings. The first kappa shape index (κ1) is 39.5. The summed E-state index contributed by atoms with van der Waals surface area (Å²) in [6, 6.07) is 9.58. The third-order valence-corrected chi connectivity index (χ3v) is 13.4. The van der Waals surface area contributed by atoms with Crippen molar-refractivity contribution >= 4 is 23.4 Å². The second-order valence-electron chi connectivity index (χ2n) is 16.9. The van der Waals surface area contributed by atoms with Crippen LogP contribution in [-0.2, 0) is 27.1 Å². The van der Waals surface area contributed by atoms with Crippen LogP contribution >= 0.6 is 0 Å². The fraction of sp³-hybridized carbons (Fsp3) is 0.600. The molecule has 1 aromatic heterocycles. The number of ether oxygens (including phenoxy) is 2. The van der Waals surface area contributed by atoms with Crippen LogP contribution in [0.5, 0.6) is 0 Å². The first-order chi connectivity index (χ1) is 26.6. The number of cyclic esters (lactones) is 1. The Kier molecular flexibility index (Phi) is 12.1. The predicted molar refractivity (Wildman–Crippen MR) is 213 cm³/mol. The average Bonchev–Trinajstić information content (AvgIpc) is 3.89. The fourth-order valence-corrected chi connectivity index (χ4v) is 10.3. The van der Waals surface area contributed by atoms with E-state index in [1.54, 1.807) is 12.3 Å². The predicted octanol–water partition coefficient (Wildman–Crippen LogP) is 6.38. The Morgan fingerprint density at radius 2 is 1.91 bits per heavy atom. The first-order valence-corrected chi connectivity index (χ1v) is 20.8. The smallest absolute Gasteiger partial charge is 0.350 e. The van der Waals surface area contributed by atoms with Gasteiger partial charge >= 0.3 is 5.97 Å². The van der Waals surface area contributed by atoms with Crippen LogP contribution in [0.3, 0.4) is 0 Å². The largest absolute Gasteiger partial charge is 0.463 e. The molecular formula is C45H60N4O6. The number of esters is 1. The van der Waals surface area contributed by atoms with E-state index in [2.05, 4.69) is 46.9 Å². The normalized spacial score (nSPS) is 32.2. The van der Waals surface area contributed by atoms with Crippen LogP contribution in [0.4, 0.5) is 5.82 Å². The molecule has 2 aromatic rings. The van der Waals surface area contributed by atoms with E-state index in [0.29, 0.717) is 66.3 Å². The number of pyridine rings is 1. The average molecular weight is 753 g/mol. The van der Waals surface area contributed by atoms with Crippen LogP contribution in [0.2, 0.25) is 0 Å². The van der Waals surface area contributed by atoms with Gasteiger partial charge in [0.1, 0.15) is 5.82 Å². The summed E-state index contributed by atoms with van der Waals surface area (Å²) in [6.45, 7) is 7.48. The Morgan fingerprint density at radius 3 is 2.71 bits per heavy atom. The summed E-state index contributed by atoms with van der Waals surface area (Å²) in [4.78, 5) is 48.8. The third-order valence-electron chi connectivity index (χ3n) is 13.4. The van der Waals surface area contributed by atoms with Gasteiger partial charge in [0.15, 0.2) is 11.4 Å². The Hall–Kier alpha value is -3.70. The number of rotatable bonds is 11. The fourth-order valence-electron chi connectivity index (χ4n) is 10.3. The van der Waals surface area contributed by atoms with Crippen LogP contribution in [0.1, 0.15) is 110 Å². The Balaban J connectivity index is 1.21. The van der Waals surface area contributed by atoms with E-state index in [1.165, 1.54) is 12.8 Å². The molecule has 8 unspecified atom stereocenters. The van der Waals surface area contributed by atoms with Crippen LogP contribution in [0.15, 0.2) is 59.8 Å². The molecule has 296 valence electrons. The Labute approximate surface area is 326 Å². The van der Waals surface area contributed by atoms with Crippen molar-refractivity contribution in [3.05, 3.63) is 82.1 Å². The van der Waals surface area contributed by atoms with Crippen molar-refractivity contribution in [1.29, 1.82) is 0 Å². The van der Waals surface area contributed by atoms with Crippen molar-refractivity contribution in [2.45, 2.75) is 109 Å². The maximum atomic E-state index is 15.0. The molecule has 7 rings (SSSR count). The molecule has 2 fully saturated rings. The molecule has 4 N–H and O–H groups in total. The highest BCUT2D eigenvalue weighted by Gasteiger charge is 2.85. The van der Waals surface area contributed by atoms with Gasteiger partial charge in [0.2, 0.25) is 5.78 Å². The zero-order valence-electron chi connectivity index (χ0n) is 33.1. The quantitative estimate of drug-likeness (QED) is 0.0672. The molecule has 0 radical (unpaired) electrons. The zero-order valence-corrected chi connectivity index (χ0v) is 33.1. The lowest BCUT2D eigenvalue weighted by Gasteiger charge is -2.45. The van der Waals surface area contributed by atoms with Gasteiger partial charge in [0, 0.05) is 35.7 Å². The molecule has 8 atom stereocenters. The van der Waals surface area contributed by atoms with Gasteiger partial charge in [-0.15, -0.1) is 0 Å². The second-order valence-corrected chi connectivity index (χ2v) is 16.9. The lowest BCUT2D eigenvalue weighted by molar-refractivity contribution is -0.150. The SMILES string of the molecule is CCNC1CC2C=CCC3CCCCC(C)Cc4cccc5c4C(=O)C4(OC4(CC(CO)=C(C)CCc4ccnc(NCNC)c4)C5=O)C(=O)OCC1CC23. The topological polar surface area (TPSA) is 142 Å². The zero-order chi connectivity index (χ0) is 38.7. The van der Waals surface area contributed by atoms with E-state index in [0.717, 1.165) is 61.2 Å². The minimum Gasteiger partial charge on any atom is -0.463 e. The molecule has 1 spiro atoms. The summed E-state index contributed by atoms with van der Waals surface area (Å²) in [5, 5.41) is 20.7. The number of nitrogens with zero attached hydrogens (tertiary/aromatic N) is 1. The van der Waals surface area contributed by atoms with Gasteiger partial charge in [0.25, 0.3) is 5.60 Å². The van der Waals surface area contributed by atoms with Gasteiger partial charge in [-0.3, -0.25) is 9.59 Å². The van der Waals surface area contributed by atoms with Crippen LogP contribution in [0, 0.1) is 29.6 Å². The van der Waals surface area contributed by atoms with Crippen LogP contribution < -0.4 is 16.0 Å². The number of epoxide rings is 1. The number of hydrogen-bond donors (Lipinski definition) is 4. The highest BCUT2D eigenvalue weighted by atomic mass is 16.7. The number of Topliss-reactive ketones (excluding diaryl/α,β-unsaturated/α-hetero) is 2. The molecule has 1 aromatic carbocycles. The maximum Gasteiger partial charge on any atom is 0.350 e. The van der Waals surface area contributed by atoms with Crippen molar-refractivity contribution in [2.24, 2.45) is 29.6 Å². The summed E-state index contributed by atoms with van der Waals surface area (Å²) in [5.74, 6) is 1.11.